The lowest BCUT2D eigenvalue weighted by atomic mass is 9.83. The maximum absolute atomic E-state index is 13.5. The molecule has 34 heavy (non-hydrogen) atoms. The van der Waals surface area contributed by atoms with Gasteiger partial charge in [0.1, 0.15) is 0 Å². The number of carbonyl (C=O) groups is 2. The van der Waals surface area contributed by atoms with Crippen molar-refractivity contribution in [3.8, 4) is 11.5 Å². The van der Waals surface area contributed by atoms with E-state index < -0.39 is 12.0 Å². The summed E-state index contributed by atoms with van der Waals surface area (Å²) in [6, 6.07) is 22.8. The van der Waals surface area contributed by atoms with Gasteiger partial charge in [0, 0.05) is 18.7 Å². The number of methoxy groups -OCH3 is 2. The van der Waals surface area contributed by atoms with Crippen molar-refractivity contribution in [1.82, 2.24) is 5.32 Å². The molecule has 1 N–H and O–H groups in total. The second-order valence-corrected chi connectivity index (χ2v) is 8.51. The van der Waals surface area contributed by atoms with Crippen LogP contribution >= 0.6 is 0 Å². The molecule has 0 spiro atoms. The van der Waals surface area contributed by atoms with Gasteiger partial charge in [-0.2, -0.15) is 0 Å². The van der Waals surface area contributed by atoms with Gasteiger partial charge in [-0.1, -0.05) is 54.1 Å². The van der Waals surface area contributed by atoms with Gasteiger partial charge in [0.15, 0.2) is 11.5 Å². The number of aryl methyl sites for hydroxylation is 1. The highest BCUT2D eigenvalue weighted by atomic mass is 16.5. The van der Waals surface area contributed by atoms with Crippen molar-refractivity contribution in [3.05, 3.63) is 89.5 Å². The lowest BCUT2D eigenvalue weighted by Gasteiger charge is -2.41. The van der Waals surface area contributed by atoms with Gasteiger partial charge in [0.2, 0.25) is 11.8 Å². The molecule has 4 rings (SSSR count). The predicted octanol–water partition coefficient (Wildman–Crippen LogP) is 4.81. The van der Waals surface area contributed by atoms with Gasteiger partial charge < -0.3 is 19.7 Å². The molecule has 0 aliphatic carbocycles. The van der Waals surface area contributed by atoms with E-state index in [0.29, 0.717) is 30.9 Å². The molecule has 3 aromatic carbocycles. The van der Waals surface area contributed by atoms with Gasteiger partial charge in [0.25, 0.3) is 0 Å². The topological polar surface area (TPSA) is 67.9 Å². The Morgan fingerprint density at radius 2 is 1.68 bits per heavy atom. The first kappa shape index (κ1) is 23.4. The Kier molecular flexibility index (Phi) is 7.16. The van der Waals surface area contributed by atoms with Crippen LogP contribution in [0.15, 0.2) is 72.8 Å². The van der Waals surface area contributed by atoms with Crippen LogP contribution in [0.3, 0.4) is 0 Å². The first-order valence-corrected chi connectivity index (χ1v) is 11.4. The largest absolute Gasteiger partial charge is 0.493 e. The molecule has 2 amide bonds. The Bertz CT molecular complexity index is 1140. The van der Waals surface area contributed by atoms with Crippen molar-refractivity contribution in [3.63, 3.8) is 0 Å². The first-order valence-electron chi connectivity index (χ1n) is 11.4. The fourth-order valence-electron chi connectivity index (χ4n) is 4.51. The average Bonchev–Trinajstić information content (AvgIpc) is 2.88. The van der Waals surface area contributed by atoms with E-state index in [1.807, 2.05) is 79.7 Å². The molecule has 1 heterocycles. The standard InChI is InChI=1S/C28H30N2O4/c1-19-9-12-22(13-10-19)30-26(31)16-14-23(28(32)29-18-20-7-5-4-6-8-20)27(30)21-11-15-24(33-2)25(17-21)34-3/h4-13,15,17,23,27H,14,16,18H2,1-3H3,(H,29,32). The molecular formula is C28H30N2O4. The molecule has 1 saturated heterocycles. The normalized spacial score (nSPS) is 17.9. The Morgan fingerprint density at radius 1 is 0.971 bits per heavy atom. The van der Waals surface area contributed by atoms with Gasteiger partial charge in [-0.05, 0) is 48.7 Å². The predicted molar refractivity (Wildman–Crippen MR) is 132 cm³/mol. The third-order valence-electron chi connectivity index (χ3n) is 6.30. The molecular weight excluding hydrogens is 428 g/mol. The highest BCUT2D eigenvalue weighted by Gasteiger charge is 2.41. The number of hydrogen-bond donors (Lipinski definition) is 1. The van der Waals surface area contributed by atoms with Gasteiger partial charge in [0.05, 0.1) is 26.2 Å². The summed E-state index contributed by atoms with van der Waals surface area (Å²) in [6.07, 6.45) is 0.780. The number of carbonyl (C=O) groups excluding carboxylic acids is 2. The quantitative estimate of drug-likeness (QED) is 0.552. The van der Waals surface area contributed by atoms with E-state index in [1.54, 1.807) is 19.1 Å². The molecule has 0 saturated carbocycles. The van der Waals surface area contributed by atoms with Crippen LogP contribution in [-0.4, -0.2) is 26.0 Å². The molecule has 6 heteroatoms. The van der Waals surface area contributed by atoms with Crippen LogP contribution in [0.2, 0.25) is 0 Å². The summed E-state index contributed by atoms with van der Waals surface area (Å²) >= 11 is 0. The summed E-state index contributed by atoms with van der Waals surface area (Å²) in [5.74, 6) is 0.662. The molecule has 1 aliphatic heterocycles. The molecule has 3 aromatic rings. The average molecular weight is 459 g/mol. The maximum Gasteiger partial charge on any atom is 0.227 e. The second-order valence-electron chi connectivity index (χ2n) is 8.51. The number of nitrogens with zero attached hydrogens (tertiary/aromatic N) is 1. The van der Waals surface area contributed by atoms with Gasteiger partial charge in [-0.25, -0.2) is 0 Å². The molecule has 2 unspecified atom stereocenters. The van der Waals surface area contributed by atoms with Crippen molar-refractivity contribution < 1.29 is 19.1 Å². The van der Waals surface area contributed by atoms with Crippen molar-refractivity contribution >= 4 is 17.5 Å². The summed E-state index contributed by atoms with van der Waals surface area (Å²) in [4.78, 5) is 28.5. The van der Waals surface area contributed by atoms with Crippen molar-refractivity contribution in [2.75, 3.05) is 19.1 Å². The third kappa shape index (κ3) is 4.91. The maximum atomic E-state index is 13.5. The number of anilines is 1. The number of nitrogens with one attached hydrogen (secondary N) is 1. The van der Waals surface area contributed by atoms with Crippen LogP contribution in [-0.2, 0) is 16.1 Å². The van der Waals surface area contributed by atoms with Crippen molar-refractivity contribution in [2.45, 2.75) is 32.4 Å². The third-order valence-corrected chi connectivity index (χ3v) is 6.30. The highest BCUT2D eigenvalue weighted by molar-refractivity contribution is 5.97. The molecule has 176 valence electrons. The van der Waals surface area contributed by atoms with E-state index >= 15 is 0 Å². The summed E-state index contributed by atoms with van der Waals surface area (Å²) in [5.41, 5.74) is 3.73. The molecule has 0 aromatic heterocycles. The van der Waals surface area contributed by atoms with Gasteiger partial charge in [-0.3, -0.25) is 9.59 Å². The molecule has 1 aliphatic rings. The summed E-state index contributed by atoms with van der Waals surface area (Å²) in [6.45, 7) is 2.45. The van der Waals surface area contributed by atoms with Crippen LogP contribution in [0.25, 0.3) is 0 Å². The zero-order valence-electron chi connectivity index (χ0n) is 19.8. The Hall–Kier alpha value is -3.80. The van der Waals surface area contributed by atoms with Crippen LogP contribution in [0.5, 0.6) is 11.5 Å². The van der Waals surface area contributed by atoms with E-state index in [9.17, 15) is 9.59 Å². The molecule has 1 fully saturated rings. The number of benzene rings is 3. The molecule has 0 radical (unpaired) electrons. The van der Waals surface area contributed by atoms with E-state index in [4.69, 9.17) is 9.47 Å². The Labute approximate surface area is 200 Å². The summed E-state index contributed by atoms with van der Waals surface area (Å²) in [7, 11) is 3.16. The number of hydrogen-bond acceptors (Lipinski definition) is 4. The highest BCUT2D eigenvalue weighted by Crippen LogP contribution is 2.42. The second kappa shape index (κ2) is 10.4. The van der Waals surface area contributed by atoms with Crippen molar-refractivity contribution in [1.29, 1.82) is 0 Å². The van der Waals surface area contributed by atoms with Gasteiger partial charge in [-0.15, -0.1) is 0 Å². The molecule has 2 atom stereocenters. The van der Waals surface area contributed by atoms with E-state index in [0.717, 1.165) is 22.4 Å². The van der Waals surface area contributed by atoms with E-state index in [2.05, 4.69) is 5.32 Å². The molecule has 6 nitrogen and oxygen atoms in total. The smallest absolute Gasteiger partial charge is 0.227 e. The first-order chi connectivity index (χ1) is 16.5. The van der Waals surface area contributed by atoms with E-state index in [1.165, 1.54) is 0 Å². The fourth-order valence-corrected chi connectivity index (χ4v) is 4.51. The number of amides is 2. The minimum absolute atomic E-state index is 0.00394. The van der Waals surface area contributed by atoms with Crippen LogP contribution < -0.4 is 19.7 Å². The zero-order valence-corrected chi connectivity index (χ0v) is 19.8. The lowest BCUT2D eigenvalue weighted by molar-refractivity contribution is -0.129. The summed E-state index contributed by atoms with van der Waals surface area (Å²) in [5, 5.41) is 3.08. The zero-order chi connectivity index (χ0) is 24.1. The summed E-state index contributed by atoms with van der Waals surface area (Å²) < 4.78 is 10.9. The van der Waals surface area contributed by atoms with Crippen LogP contribution in [0.1, 0.15) is 35.6 Å². The van der Waals surface area contributed by atoms with Gasteiger partial charge >= 0.3 is 0 Å². The van der Waals surface area contributed by atoms with Crippen LogP contribution in [0.4, 0.5) is 5.69 Å². The van der Waals surface area contributed by atoms with E-state index in [-0.39, 0.29) is 11.8 Å². The minimum atomic E-state index is -0.473. The Morgan fingerprint density at radius 3 is 2.35 bits per heavy atom. The van der Waals surface area contributed by atoms with Crippen LogP contribution in [0, 0.1) is 12.8 Å². The minimum Gasteiger partial charge on any atom is -0.493 e. The fraction of sp³-hybridized carbons (Fsp3) is 0.286. The molecule has 0 bridgehead atoms. The Balaban J connectivity index is 1.72. The monoisotopic (exact) mass is 458 g/mol. The van der Waals surface area contributed by atoms with Crippen molar-refractivity contribution in [2.24, 2.45) is 5.92 Å². The number of piperidine rings is 1. The lowest BCUT2D eigenvalue weighted by Crippen LogP contribution is -2.48. The number of rotatable bonds is 7. The number of ether oxygens (including phenoxy) is 2. The SMILES string of the molecule is COc1ccc(C2C(C(=O)NCc3ccccc3)CCC(=O)N2c2ccc(C)cc2)cc1OC.